The minimum atomic E-state index is -3.57. The van der Waals surface area contributed by atoms with Crippen molar-refractivity contribution in [3.8, 4) is 0 Å². The van der Waals surface area contributed by atoms with Crippen LogP contribution in [0.5, 0.6) is 0 Å². The van der Waals surface area contributed by atoms with Crippen LogP contribution in [0, 0.1) is 6.92 Å². The maximum atomic E-state index is 13.2. The van der Waals surface area contributed by atoms with Crippen molar-refractivity contribution in [2.45, 2.75) is 50.0 Å². The minimum absolute atomic E-state index is 0.164. The number of hydrogen-bond donors (Lipinski definition) is 2. The molecule has 1 atom stereocenters. The summed E-state index contributed by atoms with van der Waals surface area (Å²) < 4.78 is 27.1. The van der Waals surface area contributed by atoms with E-state index in [0.717, 1.165) is 29.7 Å². The molecule has 35 heavy (non-hydrogen) atoms. The van der Waals surface area contributed by atoms with E-state index in [4.69, 9.17) is 0 Å². The second-order valence-electron chi connectivity index (χ2n) is 8.98. The topological polar surface area (TPSA) is 116 Å². The Morgan fingerprint density at radius 3 is 2.23 bits per heavy atom. The van der Waals surface area contributed by atoms with Crippen LogP contribution < -0.4 is 10.6 Å². The fourth-order valence-electron chi connectivity index (χ4n) is 4.56. The van der Waals surface area contributed by atoms with Crippen LogP contribution in [-0.2, 0) is 25.2 Å². The van der Waals surface area contributed by atoms with Crippen LogP contribution >= 0.6 is 0 Å². The van der Waals surface area contributed by atoms with E-state index < -0.39 is 40.0 Å². The van der Waals surface area contributed by atoms with Gasteiger partial charge in [-0.05, 0) is 56.0 Å². The van der Waals surface area contributed by atoms with Gasteiger partial charge < -0.3 is 10.6 Å². The van der Waals surface area contributed by atoms with Gasteiger partial charge in [-0.2, -0.15) is 4.31 Å². The highest BCUT2D eigenvalue weighted by Crippen LogP contribution is 2.32. The van der Waals surface area contributed by atoms with Gasteiger partial charge in [0.2, 0.25) is 15.9 Å². The first-order chi connectivity index (χ1) is 16.7. The lowest BCUT2D eigenvalue weighted by atomic mass is 9.87. The third-order valence-electron chi connectivity index (χ3n) is 6.64. The Labute approximate surface area is 205 Å². The third kappa shape index (κ3) is 4.81. The Morgan fingerprint density at radius 1 is 1.00 bits per heavy atom. The fourth-order valence-corrected chi connectivity index (χ4v) is 6.07. The molecule has 186 valence electrons. The molecular formula is C25H30N4O5S. The summed E-state index contributed by atoms with van der Waals surface area (Å²) >= 11 is 0. The van der Waals surface area contributed by atoms with E-state index in [1.165, 1.54) is 28.6 Å². The van der Waals surface area contributed by atoms with Crippen molar-refractivity contribution >= 4 is 33.6 Å². The number of piperidine rings is 1. The van der Waals surface area contributed by atoms with Gasteiger partial charge in [-0.15, -0.1) is 0 Å². The second kappa shape index (κ2) is 9.79. The standard InChI is InChI=1S/C25H30N4O5S/c1-3-25(19-9-7-18(2)8-10-19)23(31)29(24(32)27-25)17-22(30)26-20-11-13-21(14-12-20)35(33,34)28-15-5-4-6-16-28/h7-14H,3-6,15-17H2,1-2H3,(H,26,30)(H,27,32)/t25-/m1/s1. The first kappa shape index (κ1) is 24.9. The van der Waals surface area contributed by atoms with Crippen molar-refractivity contribution in [1.29, 1.82) is 0 Å². The Morgan fingerprint density at radius 2 is 1.63 bits per heavy atom. The monoisotopic (exact) mass is 498 g/mol. The SMILES string of the molecule is CC[C@]1(c2ccc(C)cc2)NC(=O)N(CC(=O)Nc2ccc(S(=O)(=O)N3CCCCC3)cc2)C1=O. The van der Waals surface area contributed by atoms with E-state index in [0.29, 0.717) is 30.8 Å². The molecule has 0 unspecified atom stereocenters. The molecule has 2 aromatic carbocycles. The predicted molar refractivity (Wildman–Crippen MR) is 131 cm³/mol. The van der Waals surface area contributed by atoms with Crippen LogP contribution in [0.1, 0.15) is 43.7 Å². The van der Waals surface area contributed by atoms with E-state index in [2.05, 4.69) is 10.6 Å². The number of imide groups is 1. The van der Waals surface area contributed by atoms with Gasteiger partial charge in [-0.1, -0.05) is 43.2 Å². The predicted octanol–water partition coefficient (Wildman–Crippen LogP) is 2.97. The summed E-state index contributed by atoms with van der Waals surface area (Å²) in [5.41, 5.74) is 0.857. The quantitative estimate of drug-likeness (QED) is 0.570. The number of nitrogens with zero attached hydrogens (tertiary/aromatic N) is 2. The lowest BCUT2D eigenvalue weighted by Crippen LogP contribution is -2.44. The number of carbonyl (C=O) groups excluding carboxylic acids is 3. The molecule has 2 aliphatic heterocycles. The van der Waals surface area contributed by atoms with Gasteiger partial charge in [-0.3, -0.25) is 14.5 Å². The zero-order valence-corrected chi connectivity index (χ0v) is 20.7. The molecule has 4 rings (SSSR count). The zero-order valence-electron chi connectivity index (χ0n) is 19.9. The smallest absolute Gasteiger partial charge is 0.325 e. The van der Waals surface area contributed by atoms with Crippen LogP contribution in [0.25, 0.3) is 0 Å². The summed E-state index contributed by atoms with van der Waals surface area (Å²) in [6, 6.07) is 12.6. The first-order valence-corrected chi connectivity index (χ1v) is 13.2. The van der Waals surface area contributed by atoms with Crippen molar-refractivity contribution in [3.63, 3.8) is 0 Å². The summed E-state index contributed by atoms with van der Waals surface area (Å²) in [6.07, 6.45) is 3.06. The molecule has 0 saturated carbocycles. The van der Waals surface area contributed by atoms with E-state index in [9.17, 15) is 22.8 Å². The fraction of sp³-hybridized carbons (Fsp3) is 0.400. The second-order valence-corrected chi connectivity index (χ2v) is 10.9. The number of carbonyl (C=O) groups is 3. The highest BCUT2D eigenvalue weighted by Gasteiger charge is 2.51. The zero-order chi connectivity index (χ0) is 25.2. The summed E-state index contributed by atoms with van der Waals surface area (Å²) in [5.74, 6) is -1.04. The van der Waals surface area contributed by atoms with Gasteiger partial charge in [0.05, 0.1) is 4.90 Å². The molecule has 0 spiro atoms. The molecular weight excluding hydrogens is 468 g/mol. The largest absolute Gasteiger partial charge is 0.325 e. The number of urea groups is 1. The number of sulfonamides is 1. The summed E-state index contributed by atoms with van der Waals surface area (Å²) in [4.78, 5) is 39.6. The maximum Gasteiger partial charge on any atom is 0.325 e. The van der Waals surface area contributed by atoms with Gasteiger partial charge >= 0.3 is 6.03 Å². The Kier molecular flexibility index (Phi) is 6.95. The molecule has 10 heteroatoms. The maximum absolute atomic E-state index is 13.2. The van der Waals surface area contributed by atoms with Crippen molar-refractivity contribution in [1.82, 2.24) is 14.5 Å². The first-order valence-electron chi connectivity index (χ1n) is 11.8. The van der Waals surface area contributed by atoms with Crippen molar-refractivity contribution in [3.05, 3.63) is 59.7 Å². The van der Waals surface area contributed by atoms with Crippen LogP contribution in [0.15, 0.2) is 53.4 Å². The highest BCUT2D eigenvalue weighted by molar-refractivity contribution is 7.89. The Bertz CT molecular complexity index is 1220. The van der Waals surface area contributed by atoms with E-state index in [-0.39, 0.29) is 4.90 Å². The van der Waals surface area contributed by atoms with Gasteiger partial charge in [0.1, 0.15) is 12.1 Å². The van der Waals surface area contributed by atoms with Gasteiger partial charge in [0.25, 0.3) is 5.91 Å². The molecule has 2 fully saturated rings. The normalized spacial score (nSPS) is 21.1. The molecule has 2 N–H and O–H groups in total. The van der Waals surface area contributed by atoms with Gasteiger partial charge in [0, 0.05) is 18.8 Å². The van der Waals surface area contributed by atoms with Crippen molar-refractivity contribution < 1.29 is 22.8 Å². The number of nitrogens with one attached hydrogen (secondary N) is 2. The number of anilines is 1. The van der Waals surface area contributed by atoms with E-state index in [1.54, 1.807) is 19.1 Å². The van der Waals surface area contributed by atoms with E-state index >= 15 is 0 Å². The summed E-state index contributed by atoms with van der Waals surface area (Å²) in [5, 5.41) is 5.40. The lowest BCUT2D eigenvalue weighted by molar-refractivity contribution is -0.134. The summed E-state index contributed by atoms with van der Waals surface area (Å²) in [6.45, 7) is 4.31. The molecule has 4 amide bonds. The number of aryl methyl sites for hydroxylation is 1. The van der Waals surface area contributed by atoms with Gasteiger partial charge in [-0.25, -0.2) is 13.2 Å². The third-order valence-corrected chi connectivity index (χ3v) is 8.56. The molecule has 0 aromatic heterocycles. The molecule has 2 heterocycles. The number of rotatable bonds is 7. The molecule has 0 radical (unpaired) electrons. The van der Waals surface area contributed by atoms with Crippen LogP contribution in [0.4, 0.5) is 10.5 Å². The van der Waals surface area contributed by atoms with Crippen LogP contribution in [-0.4, -0.2) is 55.1 Å². The molecule has 2 aliphatic rings. The number of benzene rings is 2. The van der Waals surface area contributed by atoms with E-state index in [1.807, 2.05) is 19.1 Å². The molecule has 2 aromatic rings. The average Bonchev–Trinajstić information content (AvgIpc) is 3.10. The Balaban J connectivity index is 1.43. The number of hydrogen-bond acceptors (Lipinski definition) is 5. The van der Waals surface area contributed by atoms with Gasteiger partial charge in [0.15, 0.2) is 0 Å². The minimum Gasteiger partial charge on any atom is -0.325 e. The molecule has 0 bridgehead atoms. The Hall–Kier alpha value is -3.24. The molecule has 0 aliphatic carbocycles. The highest BCUT2D eigenvalue weighted by atomic mass is 32.2. The van der Waals surface area contributed by atoms with Crippen LogP contribution in [0.3, 0.4) is 0 Å². The lowest BCUT2D eigenvalue weighted by Gasteiger charge is -2.26. The van der Waals surface area contributed by atoms with Crippen molar-refractivity contribution in [2.24, 2.45) is 0 Å². The van der Waals surface area contributed by atoms with Crippen molar-refractivity contribution in [2.75, 3.05) is 25.0 Å². The molecule has 9 nitrogen and oxygen atoms in total. The summed E-state index contributed by atoms with van der Waals surface area (Å²) in [7, 11) is -3.57. The van der Waals surface area contributed by atoms with Crippen LogP contribution in [0.2, 0.25) is 0 Å². The average molecular weight is 499 g/mol. The number of amides is 4. The molecule has 2 saturated heterocycles.